The number of ether oxygens (including phenoxy) is 1. The molecule has 1 saturated heterocycles. The Morgan fingerprint density at radius 3 is 2.65 bits per heavy atom. The number of hydrogen-bond donors (Lipinski definition) is 0. The molecule has 0 bridgehead atoms. The SMILES string of the molecule is Cc1c(C)n2c3c(=O)n(Cc4ccccc4Cl)c(=O)n(C)c3nc2n1CC1CCCO1. The topological polar surface area (TPSA) is 75.5 Å². The largest absolute Gasteiger partial charge is 0.376 e. The number of aryl methyl sites for hydroxylation is 2. The summed E-state index contributed by atoms with van der Waals surface area (Å²) in [4.78, 5) is 31.3. The molecule has 1 unspecified atom stereocenters. The van der Waals surface area contributed by atoms with E-state index in [0.29, 0.717) is 34.1 Å². The van der Waals surface area contributed by atoms with E-state index in [1.165, 1.54) is 9.13 Å². The molecule has 0 radical (unpaired) electrons. The van der Waals surface area contributed by atoms with Crippen molar-refractivity contribution in [2.75, 3.05) is 6.61 Å². The molecule has 5 rings (SSSR count). The highest BCUT2D eigenvalue weighted by atomic mass is 35.5. The predicted molar refractivity (Wildman–Crippen MR) is 119 cm³/mol. The summed E-state index contributed by atoms with van der Waals surface area (Å²) in [7, 11) is 1.65. The Balaban J connectivity index is 1.75. The lowest BCUT2D eigenvalue weighted by atomic mass is 10.2. The monoisotopic (exact) mass is 441 g/mol. The minimum absolute atomic E-state index is 0.100. The van der Waals surface area contributed by atoms with Gasteiger partial charge in [-0.05, 0) is 38.3 Å². The van der Waals surface area contributed by atoms with Crippen LogP contribution in [-0.2, 0) is 24.9 Å². The summed E-state index contributed by atoms with van der Waals surface area (Å²) in [5.41, 5.74) is 2.66. The molecule has 9 heteroatoms. The predicted octanol–water partition coefficient (Wildman–Crippen LogP) is 2.65. The van der Waals surface area contributed by atoms with Gasteiger partial charge in [0.2, 0.25) is 5.78 Å². The zero-order valence-corrected chi connectivity index (χ0v) is 18.5. The highest BCUT2D eigenvalue weighted by Crippen LogP contribution is 2.23. The van der Waals surface area contributed by atoms with Crippen LogP contribution in [0.4, 0.5) is 0 Å². The van der Waals surface area contributed by atoms with E-state index in [4.69, 9.17) is 21.3 Å². The fourth-order valence-electron chi connectivity index (χ4n) is 4.46. The van der Waals surface area contributed by atoms with Gasteiger partial charge in [-0.3, -0.25) is 18.3 Å². The Morgan fingerprint density at radius 2 is 1.94 bits per heavy atom. The van der Waals surface area contributed by atoms with E-state index in [-0.39, 0.29) is 18.2 Å². The zero-order valence-electron chi connectivity index (χ0n) is 17.8. The van der Waals surface area contributed by atoms with Gasteiger partial charge in [0.05, 0.1) is 19.2 Å². The second kappa shape index (κ2) is 7.39. The minimum atomic E-state index is -0.418. The number of nitrogens with zero attached hydrogens (tertiary/aromatic N) is 5. The van der Waals surface area contributed by atoms with Crippen molar-refractivity contribution < 1.29 is 4.74 Å². The Hall–Kier alpha value is -2.84. The lowest BCUT2D eigenvalue weighted by Crippen LogP contribution is -2.39. The van der Waals surface area contributed by atoms with Crippen molar-refractivity contribution in [2.24, 2.45) is 7.05 Å². The number of imidazole rings is 2. The quantitative estimate of drug-likeness (QED) is 0.488. The van der Waals surface area contributed by atoms with Crippen LogP contribution < -0.4 is 11.2 Å². The first-order chi connectivity index (χ1) is 14.9. The lowest BCUT2D eigenvalue weighted by Gasteiger charge is -2.12. The average Bonchev–Trinajstić information content (AvgIpc) is 3.46. The number of benzene rings is 1. The molecule has 8 nitrogen and oxygen atoms in total. The molecule has 0 amide bonds. The van der Waals surface area contributed by atoms with Gasteiger partial charge in [-0.1, -0.05) is 29.8 Å². The number of fused-ring (bicyclic) bond motifs is 3. The fraction of sp³-hybridized carbons (Fsp3) is 0.409. The molecule has 4 aromatic rings. The van der Waals surface area contributed by atoms with Crippen LogP contribution in [-0.4, -0.2) is 35.8 Å². The first kappa shape index (κ1) is 20.1. The van der Waals surface area contributed by atoms with E-state index in [9.17, 15) is 9.59 Å². The van der Waals surface area contributed by atoms with Crippen LogP contribution in [0.2, 0.25) is 5.02 Å². The first-order valence-corrected chi connectivity index (χ1v) is 10.8. The van der Waals surface area contributed by atoms with Crippen LogP contribution in [0, 0.1) is 13.8 Å². The molecule has 3 aromatic heterocycles. The average molecular weight is 442 g/mol. The van der Waals surface area contributed by atoms with Gasteiger partial charge >= 0.3 is 5.69 Å². The summed E-state index contributed by atoms with van der Waals surface area (Å²) in [6, 6.07) is 7.23. The van der Waals surface area contributed by atoms with E-state index in [1.54, 1.807) is 13.1 Å². The normalized spacial score (nSPS) is 16.7. The maximum Gasteiger partial charge on any atom is 0.332 e. The first-order valence-electron chi connectivity index (χ1n) is 10.4. The van der Waals surface area contributed by atoms with Crippen molar-refractivity contribution in [3.63, 3.8) is 0 Å². The molecule has 0 saturated carbocycles. The summed E-state index contributed by atoms with van der Waals surface area (Å²) in [6.45, 7) is 5.54. The molecule has 1 aliphatic heterocycles. The lowest BCUT2D eigenvalue weighted by molar-refractivity contribution is 0.0974. The van der Waals surface area contributed by atoms with Gasteiger partial charge in [0, 0.05) is 30.1 Å². The number of hydrogen-bond acceptors (Lipinski definition) is 4. The summed E-state index contributed by atoms with van der Waals surface area (Å²) < 4.78 is 12.4. The maximum atomic E-state index is 13.5. The fourth-order valence-corrected chi connectivity index (χ4v) is 4.66. The van der Waals surface area contributed by atoms with Crippen LogP contribution in [0.25, 0.3) is 16.9 Å². The van der Waals surface area contributed by atoms with Crippen LogP contribution in [0.15, 0.2) is 33.9 Å². The van der Waals surface area contributed by atoms with Crippen LogP contribution in [0.5, 0.6) is 0 Å². The molecular formula is C22H24ClN5O3. The second-order valence-corrected chi connectivity index (χ2v) is 8.57. The van der Waals surface area contributed by atoms with Crippen LogP contribution >= 0.6 is 11.6 Å². The van der Waals surface area contributed by atoms with E-state index >= 15 is 0 Å². The number of aromatic nitrogens is 5. The molecule has 31 heavy (non-hydrogen) atoms. The van der Waals surface area contributed by atoms with Gasteiger partial charge in [0.15, 0.2) is 11.2 Å². The highest BCUT2D eigenvalue weighted by Gasteiger charge is 2.25. The van der Waals surface area contributed by atoms with E-state index in [1.807, 2.05) is 36.4 Å². The molecule has 0 spiro atoms. The molecule has 1 aromatic carbocycles. The molecule has 4 heterocycles. The second-order valence-electron chi connectivity index (χ2n) is 8.16. The van der Waals surface area contributed by atoms with E-state index in [0.717, 1.165) is 30.8 Å². The molecule has 0 N–H and O–H groups in total. The van der Waals surface area contributed by atoms with Gasteiger partial charge in [-0.25, -0.2) is 4.79 Å². The van der Waals surface area contributed by atoms with Crippen molar-refractivity contribution in [1.82, 2.24) is 23.1 Å². The third kappa shape index (κ3) is 3.04. The third-order valence-corrected chi connectivity index (χ3v) is 6.70. The van der Waals surface area contributed by atoms with Crippen molar-refractivity contribution in [3.8, 4) is 0 Å². The summed E-state index contributed by atoms with van der Waals surface area (Å²) in [5.74, 6) is 0.656. The Bertz CT molecular complexity index is 1440. The molecule has 1 fully saturated rings. The van der Waals surface area contributed by atoms with E-state index in [2.05, 4.69) is 4.57 Å². The van der Waals surface area contributed by atoms with Gasteiger partial charge in [0.25, 0.3) is 5.56 Å². The minimum Gasteiger partial charge on any atom is -0.376 e. The molecule has 1 aliphatic rings. The summed E-state index contributed by atoms with van der Waals surface area (Å²) in [6.07, 6.45) is 2.19. The third-order valence-electron chi connectivity index (χ3n) is 6.33. The Labute approximate surface area is 183 Å². The van der Waals surface area contributed by atoms with Crippen molar-refractivity contribution in [3.05, 3.63) is 67.1 Å². The molecular weight excluding hydrogens is 418 g/mol. The molecule has 162 valence electrons. The van der Waals surface area contributed by atoms with E-state index < -0.39 is 5.69 Å². The molecule has 1 atom stereocenters. The zero-order chi connectivity index (χ0) is 21.9. The van der Waals surface area contributed by atoms with Gasteiger partial charge < -0.3 is 9.30 Å². The Kier molecular flexibility index (Phi) is 4.79. The van der Waals surface area contributed by atoms with Crippen molar-refractivity contribution >= 4 is 28.5 Å². The van der Waals surface area contributed by atoms with Crippen LogP contribution in [0.3, 0.4) is 0 Å². The van der Waals surface area contributed by atoms with Gasteiger partial charge in [-0.2, -0.15) is 4.98 Å². The van der Waals surface area contributed by atoms with Crippen LogP contribution in [0.1, 0.15) is 29.8 Å². The number of rotatable bonds is 4. The Morgan fingerprint density at radius 1 is 1.16 bits per heavy atom. The van der Waals surface area contributed by atoms with Crippen molar-refractivity contribution in [1.29, 1.82) is 0 Å². The summed E-state index contributed by atoms with van der Waals surface area (Å²) >= 11 is 6.28. The van der Waals surface area contributed by atoms with Gasteiger partial charge in [0.1, 0.15) is 0 Å². The van der Waals surface area contributed by atoms with Gasteiger partial charge in [-0.15, -0.1) is 0 Å². The highest BCUT2D eigenvalue weighted by molar-refractivity contribution is 6.31. The smallest absolute Gasteiger partial charge is 0.332 e. The molecule has 0 aliphatic carbocycles. The maximum absolute atomic E-state index is 13.5. The van der Waals surface area contributed by atoms with Crippen molar-refractivity contribution in [2.45, 2.75) is 45.9 Å². The number of halogens is 1. The standard InChI is InChI=1S/C22H24ClN5O3/c1-13-14(2)28-18-19(24-21(28)26(13)12-16-8-6-10-31-16)25(3)22(30)27(20(18)29)11-15-7-4-5-9-17(15)23/h4-5,7,9,16H,6,8,10-12H2,1-3H3. The summed E-state index contributed by atoms with van der Waals surface area (Å²) in [5, 5.41) is 0.518.